The number of alkyl halides is 2. The normalized spacial score (nSPS) is 39.0. The lowest BCUT2D eigenvalue weighted by atomic mass is 10.00. The highest BCUT2D eigenvalue weighted by Gasteiger charge is 2.48. The van der Waals surface area contributed by atoms with Crippen LogP contribution >= 0.6 is 81.2 Å². The Morgan fingerprint density at radius 1 is 0.645 bits per heavy atom. The minimum Gasteiger partial charge on any atom is -0.152 e. The molecule has 2 saturated carbocycles. The van der Waals surface area contributed by atoms with Crippen LogP contribution in [0.4, 0.5) is 0 Å². The Kier molecular flexibility index (Phi) is 8.57. The molecule has 1 saturated heterocycles. The molecule has 0 spiro atoms. The van der Waals surface area contributed by atoms with Crippen LogP contribution in [0.25, 0.3) is 0 Å². The average molecular weight is 550 g/mol. The number of thiophene rings is 2. The maximum atomic E-state index is 6.44. The maximum absolute atomic E-state index is 6.44. The number of hydrogen-bond acceptors (Lipinski definition) is 5. The molecule has 31 heavy (non-hydrogen) atoms. The predicted octanol–water partition coefficient (Wildman–Crippen LogP) is 9.64. The first-order chi connectivity index (χ1) is 15.2. The summed E-state index contributed by atoms with van der Waals surface area (Å²) in [6, 6.07) is 9.23. The fourth-order valence-electron chi connectivity index (χ4n) is 5.08. The number of rotatable bonds is 6. The fourth-order valence-corrected chi connectivity index (χ4v) is 13.9. The SMILES string of the molecule is ClC1CCC(SC2C(c3cccs3)SC(c3cccs3)C2SC2CCC(Cl)CC2)CC1. The van der Waals surface area contributed by atoms with Gasteiger partial charge in [-0.25, -0.2) is 0 Å². The molecule has 0 N–H and O–H groups in total. The van der Waals surface area contributed by atoms with E-state index in [0.29, 0.717) is 31.8 Å². The van der Waals surface area contributed by atoms with Crippen LogP contribution in [-0.2, 0) is 0 Å². The Bertz CT molecular complexity index is 713. The Labute approximate surface area is 218 Å². The molecule has 3 fully saturated rings. The zero-order valence-electron chi connectivity index (χ0n) is 17.5. The molecule has 5 rings (SSSR count). The van der Waals surface area contributed by atoms with Crippen LogP contribution in [0.5, 0.6) is 0 Å². The van der Waals surface area contributed by atoms with Gasteiger partial charge in [0.15, 0.2) is 0 Å². The lowest BCUT2D eigenvalue weighted by Gasteiger charge is -2.34. The van der Waals surface area contributed by atoms with Gasteiger partial charge in [-0.2, -0.15) is 23.5 Å². The summed E-state index contributed by atoms with van der Waals surface area (Å²) in [6.45, 7) is 0. The molecule has 2 aliphatic carbocycles. The summed E-state index contributed by atoms with van der Waals surface area (Å²) in [7, 11) is 0. The third kappa shape index (κ3) is 5.82. The standard InChI is InChI=1S/C24H30Cl2S5/c25-15-5-9-17(10-6-15)29-23-21(19-3-1-13-27-19)31-22(20-4-2-14-28-20)24(23)30-18-11-7-16(26)8-12-18/h1-4,13-18,21-24H,5-12H2. The van der Waals surface area contributed by atoms with E-state index in [4.69, 9.17) is 23.2 Å². The van der Waals surface area contributed by atoms with Gasteiger partial charge in [-0.3, -0.25) is 0 Å². The molecule has 0 aromatic carbocycles. The van der Waals surface area contributed by atoms with Gasteiger partial charge in [-0.1, -0.05) is 12.1 Å². The molecule has 0 bridgehead atoms. The van der Waals surface area contributed by atoms with Gasteiger partial charge in [0.2, 0.25) is 0 Å². The van der Waals surface area contributed by atoms with Crippen molar-refractivity contribution in [2.75, 3.05) is 0 Å². The minimum absolute atomic E-state index is 0.401. The van der Waals surface area contributed by atoms with Gasteiger partial charge in [-0.05, 0) is 74.3 Å². The van der Waals surface area contributed by atoms with E-state index in [1.165, 1.54) is 51.4 Å². The van der Waals surface area contributed by atoms with E-state index < -0.39 is 0 Å². The van der Waals surface area contributed by atoms with Gasteiger partial charge >= 0.3 is 0 Å². The molecule has 7 heteroatoms. The van der Waals surface area contributed by atoms with Crippen molar-refractivity contribution in [2.24, 2.45) is 0 Å². The highest BCUT2D eigenvalue weighted by atomic mass is 35.5. The van der Waals surface area contributed by atoms with E-state index in [1.54, 1.807) is 9.75 Å². The molecule has 2 aromatic heterocycles. The lowest BCUT2D eigenvalue weighted by molar-refractivity contribution is 0.518. The third-order valence-corrected chi connectivity index (χ3v) is 15.5. The summed E-state index contributed by atoms with van der Waals surface area (Å²) in [5.74, 6) is 0. The summed E-state index contributed by atoms with van der Waals surface area (Å²) >= 11 is 23.7. The number of halogens is 2. The van der Waals surface area contributed by atoms with Crippen molar-refractivity contribution < 1.29 is 0 Å². The van der Waals surface area contributed by atoms with Crippen LogP contribution in [0.1, 0.15) is 71.6 Å². The number of hydrogen-bond donors (Lipinski definition) is 0. The Hall–Kier alpha value is 1.03. The van der Waals surface area contributed by atoms with Crippen molar-refractivity contribution in [1.82, 2.24) is 0 Å². The van der Waals surface area contributed by atoms with Gasteiger partial charge in [0, 0.05) is 41.5 Å². The third-order valence-electron chi connectivity index (χ3n) is 6.77. The van der Waals surface area contributed by atoms with Gasteiger partial charge in [-0.15, -0.1) is 57.6 Å². The first-order valence-electron chi connectivity index (χ1n) is 11.5. The van der Waals surface area contributed by atoms with Crippen molar-refractivity contribution in [3.05, 3.63) is 44.8 Å². The van der Waals surface area contributed by atoms with Crippen molar-refractivity contribution in [1.29, 1.82) is 0 Å². The van der Waals surface area contributed by atoms with Crippen molar-refractivity contribution in [2.45, 2.75) is 93.6 Å². The quantitative estimate of drug-likeness (QED) is 0.329. The molecule has 2 aromatic rings. The van der Waals surface area contributed by atoms with Crippen LogP contribution in [-0.4, -0.2) is 31.8 Å². The van der Waals surface area contributed by atoms with Crippen LogP contribution in [0, 0.1) is 0 Å². The molecule has 0 radical (unpaired) electrons. The zero-order chi connectivity index (χ0) is 21.2. The van der Waals surface area contributed by atoms with Gasteiger partial charge in [0.05, 0.1) is 10.5 Å². The fraction of sp³-hybridized carbons (Fsp3) is 0.667. The summed E-state index contributed by atoms with van der Waals surface area (Å²) in [4.78, 5) is 3.14. The topological polar surface area (TPSA) is 0 Å². The molecule has 3 aliphatic rings. The molecule has 3 heterocycles. The van der Waals surface area contributed by atoms with E-state index >= 15 is 0 Å². The summed E-state index contributed by atoms with van der Waals surface area (Å²) in [5, 5.41) is 9.42. The first-order valence-corrected chi connectivity index (χ1v) is 16.9. The monoisotopic (exact) mass is 548 g/mol. The van der Waals surface area contributed by atoms with Crippen LogP contribution in [0.3, 0.4) is 0 Å². The predicted molar refractivity (Wildman–Crippen MR) is 148 cm³/mol. The second-order valence-corrected chi connectivity index (χ2v) is 16.4. The molecule has 170 valence electrons. The van der Waals surface area contributed by atoms with E-state index in [2.05, 4.69) is 70.3 Å². The molecule has 4 atom stereocenters. The smallest absolute Gasteiger partial charge is 0.0528 e. The summed E-state index contributed by atoms with van der Waals surface area (Å²) < 4.78 is 0. The van der Waals surface area contributed by atoms with Crippen LogP contribution in [0.15, 0.2) is 35.0 Å². The molecule has 0 amide bonds. The molecule has 0 nitrogen and oxygen atoms in total. The Morgan fingerprint density at radius 2 is 1.06 bits per heavy atom. The lowest BCUT2D eigenvalue weighted by Crippen LogP contribution is -2.29. The second-order valence-electron chi connectivity index (χ2n) is 8.96. The van der Waals surface area contributed by atoms with Crippen molar-refractivity contribution in [3.8, 4) is 0 Å². The van der Waals surface area contributed by atoms with E-state index in [9.17, 15) is 0 Å². The highest BCUT2D eigenvalue weighted by Crippen LogP contribution is 2.63. The Morgan fingerprint density at radius 3 is 1.42 bits per heavy atom. The van der Waals surface area contributed by atoms with E-state index in [-0.39, 0.29) is 0 Å². The second kappa shape index (κ2) is 11.2. The first kappa shape index (κ1) is 23.8. The number of thioether (sulfide) groups is 3. The van der Waals surface area contributed by atoms with Crippen molar-refractivity contribution in [3.63, 3.8) is 0 Å². The van der Waals surface area contributed by atoms with Gasteiger partial charge in [0.1, 0.15) is 0 Å². The summed E-state index contributed by atoms with van der Waals surface area (Å²) in [5.41, 5.74) is 0. The van der Waals surface area contributed by atoms with Crippen LogP contribution in [0.2, 0.25) is 0 Å². The molecular weight excluding hydrogens is 520 g/mol. The van der Waals surface area contributed by atoms with Crippen molar-refractivity contribution >= 4 is 81.2 Å². The largest absolute Gasteiger partial charge is 0.152 e. The average Bonchev–Trinajstić information content (AvgIpc) is 3.53. The molecule has 4 unspecified atom stereocenters. The maximum Gasteiger partial charge on any atom is 0.0528 e. The minimum atomic E-state index is 0.401. The molecule has 1 aliphatic heterocycles. The summed E-state index contributed by atoms with van der Waals surface area (Å²) in [6.07, 6.45) is 9.91. The molecular formula is C24H30Cl2S5. The van der Waals surface area contributed by atoms with Gasteiger partial charge in [0.25, 0.3) is 0 Å². The Balaban J connectivity index is 1.40. The van der Waals surface area contributed by atoms with Crippen LogP contribution < -0.4 is 0 Å². The zero-order valence-corrected chi connectivity index (χ0v) is 23.1. The van der Waals surface area contributed by atoms with E-state index in [0.717, 1.165) is 10.5 Å². The van der Waals surface area contributed by atoms with E-state index in [1.807, 2.05) is 22.7 Å². The van der Waals surface area contributed by atoms with Gasteiger partial charge < -0.3 is 0 Å². The highest BCUT2D eigenvalue weighted by molar-refractivity contribution is 8.08.